The monoisotopic (exact) mass is 219 g/mol. The molecule has 0 bridgehead atoms. The van der Waals surface area contributed by atoms with Gasteiger partial charge in [-0.1, -0.05) is 36.4 Å². The van der Waals surface area contributed by atoms with Crippen molar-refractivity contribution < 1.29 is 0 Å². The van der Waals surface area contributed by atoms with Crippen molar-refractivity contribution in [2.75, 3.05) is 0 Å². The number of aromatic nitrogens is 1. The second-order valence-electron chi connectivity index (χ2n) is 4.56. The second kappa shape index (κ2) is 3.01. The average Bonchev–Trinajstić information content (AvgIpc) is 2.72. The van der Waals surface area contributed by atoms with Crippen molar-refractivity contribution in [3.8, 4) is 0 Å². The molecule has 1 nitrogen and oxygen atoms in total. The zero-order valence-corrected chi connectivity index (χ0v) is 9.77. The number of nitrogens with zero attached hydrogens (tertiary/aromatic N) is 1. The highest BCUT2D eigenvalue weighted by Crippen LogP contribution is 2.36. The molecule has 1 aromatic heterocycles. The standard InChI is InChI=1S/C16H13N/c1-2-17-13-7-3-5-11-9-10-12-6-4-8-14(17)16(12)15(11)13/h3-10H,2H2,1H3. The molecule has 0 saturated carbocycles. The van der Waals surface area contributed by atoms with Crippen molar-refractivity contribution >= 4 is 32.6 Å². The third-order valence-electron chi connectivity index (χ3n) is 3.74. The topological polar surface area (TPSA) is 4.93 Å². The molecule has 0 radical (unpaired) electrons. The molecule has 4 aromatic rings. The minimum atomic E-state index is 1.02. The van der Waals surface area contributed by atoms with Gasteiger partial charge in [0.25, 0.3) is 0 Å². The molecule has 82 valence electrons. The molecule has 0 saturated heterocycles. The molecule has 0 amide bonds. The van der Waals surface area contributed by atoms with Crippen LogP contribution in [0.15, 0.2) is 48.5 Å². The Morgan fingerprint density at radius 3 is 1.76 bits per heavy atom. The SMILES string of the molecule is CCn1c2cccc3ccc4cccc1c4c32. The van der Waals surface area contributed by atoms with Gasteiger partial charge in [-0.3, -0.25) is 0 Å². The maximum absolute atomic E-state index is 2.41. The summed E-state index contributed by atoms with van der Waals surface area (Å²) in [6.45, 7) is 3.23. The Hall–Kier alpha value is -2.02. The molecule has 0 aliphatic rings. The van der Waals surface area contributed by atoms with E-state index in [-0.39, 0.29) is 0 Å². The van der Waals surface area contributed by atoms with Crippen molar-refractivity contribution in [3.63, 3.8) is 0 Å². The van der Waals surface area contributed by atoms with Crippen LogP contribution in [-0.2, 0) is 6.54 Å². The van der Waals surface area contributed by atoms with E-state index < -0.39 is 0 Å². The first-order valence-corrected chi connectivity index (χ1v) is 6.12. The van der Waals surface area contributed by atoms with Crippen LogP contribution in [0.5, 0.6) is 0 Å². The molecule has 1 heteroatoms. The molecular weight excluding hydrogens is 206 g/mol. The molecule has 1 heterocycles. The maximum atomic E-state index is 2.41. The first kappa shape index (κ1) is 9.06. The zero-order chi connectivity index (χ0) is 11.4. The predicted molar refractivity (Wildman–Crippen MR) is 73.8 cm³/mol. The van der Waals surface area contributed by atoms with Crippen LogP contribution in [0.25, 0.3) is 32.6 Å². The van der Waals surface area contributed by atoms with Crippen molar-refractivity contribution in [1.82, 2.24) is 4.57 Å². The summed E-state index contributed by atoms with van der Waals surface area (Å²) in [5, 5.41) is 5.53. The fraction of sp³-hybridized carbons (Fsp3) is 0.125. The van der Waals surface area contributed by atoms with Crippen LogP contribution >= 0.6 is 0 Å². The summed E-state index contributed by atoms with van der Waals surface area (Å²) in [6.07, 6.45) is 0. The van der Waals surface area contributed by atoms with Crippen LogP contribution < -0.4 is 0 Å². The molecule has 0 aliphatic heterocycles. The summed E-state index contributed by atoms with van der Waals surface area (Å²) >= 11 is 0. The van der Waals surface area contributed by atoms with Gasteiger partial charge in [0.2, 0.25) is 0 Å². The first-order chi connectivity index (χ1) is 8.40. The van der Waals surface area contributed by atoms with Crippen LogP contribution in [0, 0.1) is 0 Å². The largest absolute Gasteiger partial charge is 0.341 e. The Kier molecular flexibility index (Phi) is 1.60. The van der Waals surface area contributed by atoms with Gasteiger partial charge >= 0.3 is 0 Å². The van der Waals surface area contributed by atoms with Crippen LogP contribution in [0.2, 0.25) is 0 Å². The summed E-state index contributed by atoms with van der Waals surface area (Å²) in [7, 11) is 0. The highest BCUT2D eigenvalue weighted by atomic mass is 15.0. The zero-order valence-electron chi connectivity index (χ0n) is 9.77. The number of hydrogen-bond donors (Lipinski definition) is 0. The van der Waals surface area contributed by atoms with E-state index in [0.717, 1.165) is 6.54 Å². The van der Waals surface area contributed by atoms with Crippen LogP contribution in [0.4, 0.5) is 0 Å². The molecule has 0 aliphatic carbocycles. The lowest BCUT2D eigenvalue weighted by atomic mass is 10.0. The lowest BCUT2D eigenvalue weighted by molar-refractivity contribution is 0.827. The van der Waals surface area contributed by atoms with E-state index in [9.17, 15) is 0 Å². The molecule has 4 rings (SSSR count). The van der Waals surface area contributed by atoms with Gasteiger partial charge in [-0.2, -0.15) is 0 Å². The molecular formula is C16H13N. The van der Waals surface area contributed by atoms with E-state index >= 15 is 0 Å². The normalized spacial score (nSPS) is 12.1. The smallest absolute Gasteiger partial charge is 0.0497 e. The van der Waals surface area contributed by atoms with E-state index in [4.69, 9.17) is 0 Å². The van der Waals surface area contributed by atoms with Crippen molar-refractivity contribution in [3.05, 3.63) is 48.5 Å². The van der Waals surface area contributed by atoms with Gasteiger partial charge < -0.3 is 4.57 Å². The Morgan fingerprint density at radius 1 is 0.765 bits per heavy atom. The fourth-order valence-corrected chi connectivity index (χ4v) is 3.04. The molecule has 3 aromatic carbocycles. The lowest BCUT2D eigenvalue weighted by Gasteiger charge is -2.01. The Balaban J connectivity index is 2.48. The van der Waals surface area contributed by atoms with Crippen molar-refractivity contribution in [1.29, 1.82) is 0 Å². The predicted octanol–water partition coefficient (Wildman–Crippen LogP) is 4.41. The van der Waals surface area contributed by atoms with E-state index in [1.807, 2.05) is 0 Å². The van der Waals surface area contributed by atoms with Gasteiger partial charge in [0.1, 0.15) is 0 Å². The first-order valence-electron chi connectivity index (χ1n) is 6.12. The molecule has 0 N–H and O–H groups in total. The summed E-state index contributed by atoms with van der Waals surface area (Å²) in [6, 6.07) is 17.6. The average molecular weight is 219 g/mol. The minimum Gasteiger partial charge on any atom is -0.341 e. The lowest BCUT2D eigenvalue weighted by Crippen LogP contribution is -1.92. The van der Waals surface area contributed by atoms with E-state index in [1.54, 1.807) is 0 Å². The van der Waals surface area contributed by atoms with E-state index in [0.29, 0.717) is 0 Å². The molecule has 17 heavy (non-hydrogen) atoms. The van der Waals surface area contributed by atoms with Crippen molar-refractivity contribution in [2.45, 2.75) is 13.5 Å². The summed E-state index contributed by atoms with van der Waals surface area (Å²) in [4.78, 5) is 0. The van der Waals surface area contributed by atoms with Gasteiger partial charge in [0.05, 0.1) is 0 Å². The fourth-order valence-electron chi connectivity index (χ4n) is 3.04. The van der Waals surface area contributed by atoms with Gasteiger partial charge in [-0.25, -0.2) is 0 Å². The van der Waals surface area contributed by atoms with E-state index in [1.165, 1.54) is 32.6 Å². The highest BCUT2D eigenvalue weighted by Gasteiger charge is 2.13. The summed E-state index contributed by atoms with van der Waals surface area (Å²) < 4.78 is 2.41. The van der Waals surface area contributed by atoms with Gasteiger partial charge in [-0.05, 0) is 29.8 Å². The minimum absolute atomic E-state index is 1.02. The number of hydrogen-bond acceptors (Lipinski definition) is 0. The highest BCUT2D eigenvalue weighted by molar-refractivity contribution is 6.23. The number of benzene rings is 3. The summed E-state index contributed by atoms with van der Waals surface area (Å²) in [5.74, 6) is 0. The molecule has 0 unspecified atom stereocenters. The van der Waals surface area contributed by atoms with E-state index in [2.05, 4.69) is 60.0 Å². The Labute approximate surface area is 99.6 Å². The number of aryl methyl sites for hydroxylation is 1. The molecule has 0 atom stereocenters. The Morgan fingerprint density at radius 2 is 1.29 bits per heavy atom. The maximum Gasteiger partial charge on any atom is 0.0497 e. The molecule has 0 spiro atoms. The second-order valence-corrected chi connectivity index (χ2v) is 4.56. The van der Waals surface area contributed by atoms with Crippen LogP contribution in [-0.4, -0.2) is 4.57 Å². The van der Waals surface area contributed by atoms with Crippen LogP contribution in [0.1, 0.15) is 6.92 Å². The quantitative estimate of drug-likeness (QED) is 0.418. The summed E-state index contributed by atoms with van der Waals surface area (Å²) in [5.41, 5.74) is 2.72. The third-order valence-corrected chi connectivity index (χ3v) is 3.74. The molecule has 0 fully saturated rings. The van der Waals surface area contributed by atoms with Gasteiger partial charge in [-0.15, -0.1) is 0 Å². The van der Waals surface area contributed by atoms with Gasteiger partial charge in [0, 0.05) is 28.4 Å². The van der Waals surface area contributed by atoms with Crippen molar-refractivity contribution in [2.24, 2.45) is 0 Å². The Bertz CT molecular complexity index is 756. The third kappa shape index (κ3) is 0.992. The van der Waals surface area contributed by atoms with Crippen LogP contribution in [0.3, 0.4) is 0 Å². The number of rotatable bonds is 1. The van der Waals surface area contributed by atoms with Gasteiger partial charge in [0.15, 0.2) is 0 Å².